The third-order valence-electron chi connectivity index (χ3n) is 3.13. The first kappa shape index (κ1) is 12.9. The van der Waals surface area contributed by atoms with Crippen LogP contribution in [0.2, 0.25) is 5.02 Å². The van der Waals surface area contributed by atoms with Crippen LogP contribution in [0.4, 0.5) is 0 Å². The Labute approximate surface area is 107 Å². The monoisotopic (exact) mass is 273 g/mol. The van der Waals surface area contributed by atoms with E-state index in [4.69, 9.17) is 11.6 Å². The van der Waals surface area contributed by atoms with Crippen LogP contribution in [0.3, 0.4) is 0 Å². The van der Waals surface area contributed by atoms with Gasteiger partial charge in [0.15, 0.2) is 0 Å². The van der Waals surface area contributed by atoms with Crippen molar-refractivity contribution in [1.82, 2.24) is 4.72 Å². The van der Waals surface area contributed by atoms with Gasteiger partial charge in [-0.3, -0.25) is 0 Å². The van der Waals surface area contributed by atoms with Crippen molar-refractivity contribution in [3.63, 3.8) is 0 Å². The number of nitrogens with one attached hydrogen (secondary N) is 1. The second kappa shape index (κ2) is 4.96. The van der Waals surface area contributed by atoms with Crippen LogP contribution in [0.15, 0.2) is 23.1 Å². The summed E-state index contributed by atoms with van der Waals surface area (Å²) in [4.78, 5) is 0.250. The van der Waals surface area contributed by atoms with E-state index in [1.165, 1.54) is 6.07 Å². The zero-order chi connectivity index (χ0) is 12.5. The van der Waals surface area contributed by atoms with Gasteiger partial charge in [-0.15, -0.1) is 0 Å². The lowest BCUT2D eigenvalue weighted by atomic mass is 10.2. The SMILES string of the molecule is Cc1ccc(S(=O)(=O)NC2CCCC2)cc1Cl. The predicted molar refractivity (Wildman–Crippen MR) is 68.8 cm³/mol. The van der Waals surface area contributed by atoms with Crippen LogP contribution in [-0.2, 0) is 10.0 Å². The van der Waals surface area contributed by atoms with Crippen LogP contribution in [0.5, 0.6) is 0 Å². The van der Waals surface area contributed by atoms with Crippen molar-refractivity contribution in [2.75, 3.05) is 0 Å². The standard InChI is InChI=1S/C12H16ClNO2S/c1-9-6-7-11(8-12(9)13)17(15,16)14-10-4-2-3-5-10/h6-8,10,14H,2-5H2,1H3. The molecule has 5 heteroatoms. The molecule has 0 aromatic heterocycles. The second-order valence-electron chi connectivity index (χ2n) is 4.51. The Morgan fingerprint density at radius 1 is 1.29 bits per heavy atom. The summed E-state index contributed by atoms with van der Waals surface area (Å²) in [5, 5.41) is 0.485. The molecule has 3 nitrogen and oxygen atoms in total. The summed E-state index contributed by atoms with van der Waals surface area (Å²) in [6.07, 6.45) is 4.06. The molecule has 0 spiro atoms. The molecule has 0 radical (unpaired) electrons. The van der Waals surface area contributed by atoms with Gasteiger partial charge in [0.05, 0.1) is 4.90 Å². The Kier molecular flexibility index (Phi) is 3.76. The molecule has 0 unspecified atom stereocenters. The Balaban J connectivity index is 2.21. The highest BCUT2D eigenvalue weighted by atomic mass is 35.5. The number of benzene rings is 1. The van der Waals surface area contributed by atoms with Crippen LogP contribution < -0.4 is 4.72 Å². The Morgan fingerprint density at radius 2 is 1.94 bits per heavy atom. The maximum Gasteiger partial charge on any atom is 0.240 e. The molecule has 0 heterocycles. The van der Waals surface area contributed by atoms with Gasteiger partial charge in [-0.25, -0.2) is 13.1 Å². The largest absolute Gasteiger partial charge is 0.240 e. The van der Waals surface area contributed by atoms with Crippen molar-refractivity contribution in [3.8, 4) is 0 Å². The van der Waals surface area contributed by atoms with Crippen LogP contribution in [-0.4, -0.2) is 14.5 Å². The molecular weight excluding hydrogens is 258 g/mol. The van der Waals surface area contributed by atoms with E-state index in [0.717, 1.165) is 31.2 Å². The number of rotatable bonds is 3. The Hall–Kier alpha value is -0.580. The van der Waals surface area contributed by atoms with Crippen molar-refractivity contribution in [2.45, 2.75) is 43.5 Å². The van der Waals surface area contributed by atoms with Gasteiger partial charge in [-0.1, -0.05) is 30.5 Å². The van der Waals surface area contributed by atoms with Crippen molar-refractivity contribution in [1.29, 1.82) is 0 Å². The molecule has 2 rings (SSSR count). The lowest BCUT2D eigenvalue weighted by Crippen LogP contribution is -2.32. The molecule has 1 aliphatic carbocycles. The average Bonchev–Trinajstić information content (AvgIpc) is 2.73. The molecule has 0 saturated heterocycles. The highest BCUT2D eigenvalue weighted by molar-refractivity contribution is 7.89. The fourth-order valence-corrected chi connectivity index (χ4v) is 3.65. The topological polar surface area (TPSA) is 46.2 Å². The van der Waals surface area contributed by atoms with E-state index < -0.39 is 10.0 Å². The van der Waals surface area contributed by atoms with E-state index in [2.05, 4.69) is 4.72 Å². The first-order chi connectivity index (χ1) is 7.99. The smallest absolute Gasteiger partial charge is 0.208 e. The van der Waals surface area contributed by atoms with E-state index in [0.29, 0.717) is 5.02 Å². The molecular formula is C12H16ClNO2S. The summed E-state index contributed by atoms with van der Waals surface area (Å²) >= 11 is 5.94. The minimum Gasteiger partial charge on any atom is -0.208 e. The third-order valence-corrected chi connectivity index (χ3v) is 5.06. The molecule has 94 valence electrons. The number of sulfonamides is 1. The van der Waals surface area contributed by atoms with Crippen LogP contribution in [0.25, 0.3) is 0 Å². The van der Waals surface area contributed by atoms with Gasteiger partial charge in [0, 0.05) is 11.1 Å². The molecule has 1 aliphatic rings. The number of hydrogen-bond donors (Lipinski definition) is 1. The van der Waals surface area contributed by atoms with Crippen LogP contribution in [0, 0.1) is 6.92 Å². The third kappa shape index (κ3) is 3.00. The van der Waals surface area contributed by atoms with Crippen LogP contribution >= 0.6 is 11.6 Å². The molecule has 17 heavy (non-hydrogen) atoms. The van der Waals surface area contributed by atoms with Gasteiger partial charge < -0.3 is 0 Å². The normalized spacial score (nSPS) is 17.5. The minimum atomic E-state index is -3.42. The number of aryl methyl sites for hydroxylation is 1. The summed E-state index contributed by atoms with van der Waals surface area (Å²) in [5.41, 5.74) is 0.881. The van der Waals surface area contributed by atoms with Gasteiger partial charge in [0.25, 0.3) is 0 Å². The molecule has 0 atom stereocenters. The molecule has 0 aliphatic heterocycles. The van der Waals surface area contributed by atoms with Crippen molar-refractivity contribution in [3.05, 3.63) is 28.8 Å². The maximum atomic E-state index is 12.1. The number of hydrogen-bond acceptors (Lipinski definition) is 2. The summed E-state index contributed by atoms with van der Waals surface area (Å²) in [5.74, 6) is 0. The molecule has 1 aromatic carbocycles. The van der Waals surface area contributed by atoms with Gasteiger partial charge in [0.2, 0.25) is 10.0 Å². The van der Waals surface area contributed by atoms with Crippen molar-refractivity contribution in [2.24, 2.45) is 0 Å². The van der Waals surface area contributed by atoms with Crippen LogP contribution in [0.1, 0.15) is 31.2 Å². The van der Waals surface area contributed by atoms with Gasteiger partial charge in [0.1, 0.15) is 0 Å². The van der Waals surface area contributed by atoms with E-state index in [1.54, 1.807) is 12.1 Å². The van der Waals surface area contributed by atoms with E-state index >= 15 is 0 Å². The first-order valence-corrected chi connectivity index (χ1v) is 7.63. The zero-order valence-corrected chi connectivity index (χ0v) is 11.3. The van der Waals surface area contributed by atoms with E-state index in [-0.39, 0.29) is 10.9 Å². The molecule has 0 amide bonds. The molecule has 1 saturated carbocycles. The summed E-state index contributed by atoms with van der Waals surface area (Å²) in [7, 11) is -3.42. The first-order valence-electron chi connectivity index (χ1n) is 5.77. The maximum absolute atomic E-state index is 12.1. The van der Waals surface area contributed by atoms with E-state index in [9.17, 15) is 8.42 Å². The second-order valence-corrected chi connectivity index (χ2v) is 6.63. The highest BCUT2D eigenvalue weighted by Gasteiger charge is 2.23. The molecule has 1 N–H and O–H groups in total. The Bertz CT molecular complexity index is 507. The summed E-state index contributed by atoms with van der Waals surface area (Å²) in [6, 6.07) is 4.91. The lowest BCUT2D eigenvalue weighted by Gasteiger charge is -2.13. The van der Waals surface area contributed by atoms with E-state index in [1.807, 2.05) is 6.92 Å². The fourth-order valence-electron chi connectivity index (χ4n) is 2.07. The zero-order valence-electron chi connectivity index (χ0n) is 9.74. The minimum absolute atomic E-state index is 0.0834. The fraction of sp³-hybridized carbons (Fsp3) is 0.500. The van der Waals surface area contributed by atoms with Gasteiger partial charge in [-0.2, -0.15) is 0 Å². The quantitative estimate of drug-likeness (QED) is 0.920. The summed E-state index contributed by atoms with van der Waals surface area (Å²) < 4.78 is 26.9. The highest BCUT2D eigenvalue weighted by Crippen LogP contribution is 2.23. The average molecular weight is 274 g/mol. The molecule has 1 aromatic rings. The Morgan fingerprint density at radius 3 is 2.53 bits per heavy atom. The number of halogens is 1. The summed E-state index contributed by atoms with van der Waals surface area (Å²) in [6.45, 7) is 1.85. The predicted octanol–water partition coefficient (Wildman–Crippen LogP) is 2.87. The van der Waals surface area contributed by atoms with Gasteiger partial charge in [-0.05, 0) is 37.5 Å². The van der Waals surface area contributed by atoms with Crippen molar-refractivity contribution < 1.29 is 8.42 Å². The van der Waals surface area contributed by atoms with Gasteiger partial charge >= 0.3 is 0 Å². The molecule has 1 fully saturated rings. The van der Waals surface area contributed by atoms with Crippen molar-refractivity contribution >= 4 is 21.6 Å². The molecule has 0 bridgehead atoms. The lowest BCUT2D eigenvalue weighted by molar-refractivity contribution is 0.552.